The topological polar surface area (TPSA) is 56.0 Å². The minimum absolute atomic E-state index is 0.490. The van der Waals surface area contributed by atoms with Gasteiger partial charge in [-0.15, -0.1) is 0 Å². The Morgan fingerprint density at radius 1 is 0.963 bits per heavy atom. The van der Waals surface area contributed by atoms with Crippen molar-refractivity contribution in [3.05, 3.63) is 93.2 Å². The van der Waals surface area contributed by atoms with Gasteiger partial charge >= 0.3 is 0 Å². The van der Waals surface area contributed by atoms with Crippen LogP contribution in [0.5, 0.6) is 0 Å². The van der Waals surface area contributed by atoms with Gasteiger partial charge in [-0.3, -0.25) is 9.78 Å². The van der Waals surface area contributed by atoms with E-state index in [-0.39, 0.29) is 0 Å². The number of aromatic nitrogens is 1. The zero-order valence-corrected chi connectivity index (χ0v) is 17.2. The van der Waals surface area contributed by atoms with Gasteiger partial charge < -0.3 is 5.73 Å². The van der Waals surface area contributed by atoms with Crippen LogP contribution < -0.4 is 5.73 Å². The zero-order chi connectivity index (χ0) is 19.6. The van der Waals surface area contributed by atoms with Crippen molar-refractivity contribution in [1.29, 1.82) is 0 Å². The van der Waals surface area contributed by atoms with Crippen LogP contribution in [0.1, 0.15) is 22.4 Å². The predicted octanol–water partition coefficient (Wildman–Crippen LogP) is 5.53. The van der Waals surface area contributed by atoms with E-state index in [4.69, 9.17) is 28.9 Å². The van der Waals surface area contributed by atoms with Crippen molar-refractivity contribution in [2.75, 3.05) is 0 Å². The summed E-state index contributed by atoms with van der Waals surface area (Å²) < 4.78 is -1.21. The van der Waals surface area contributed by atoms with E-state index >= 15 is 0 Å². The van der Waals surface area contributed by atoms with E-state index in [1.54, 1.807) is 36.4 Å². The Balaban J connectivity index is 2.22. The summed E-state index contributed by atoms with van der Waals surface area (Å²) in [5.74, 6) is -0.511. The van der Waals surface area contributed by atoms with Gasteiger partial charge in [-0.1, -0.05) is 53.2 Å². The summed E-state index contributed by atoms with van der Waals surface area (Å²) >= 11 is 13.4. The first kappa shape index (κ1) is 19.7. The molecule has 1 aromatic heterocycles. The fraction of sp³-hybridized carbons (Fsp3) is 0.143. The Labute approximate surface area is 172 Å². The highest BCUT2D eigenvalue weighted by Gasteiger charge is 2.43. The number of pyridine rings is 1. The molecule has 1 atom stereocenters. The van der Waals surface area contributed by atoms with Gasteiger partial charge in [-0.25, -0.2) is 0 Å². The maximum atomic E-state index is 12.8. The SMILES string of the molecule is Cc1ccc(SC(C(N)=O)(c2ccc(Cl)cc2)c2ccc(Cl)cn2)cc1C. The molecule has 138 valence electrons. The maximum absolute atomic E-state index is 12.8. The number of amides is 1. The van der Waals surface area contributed by atoms with Crippen molar-refractivity contribution >= 4 is 40.9 Å². The summed E-state index contributed by atoms with van der Waals surface area (Å²) in [6.45, 7) is 4.08. The molecule has 27 heavy (non-hydrogen) atoms. The number of carbonyl (C=O) groups excluding carboxylic acids is 1. The van der Waals surface area contributed by atoms with Gasteiger partial charge in [-0.2, -0.15) is 0 Å². The molecule has 0 aliphatic heterocycles. The van der Waals surface area contributed by atoms with Crippen LogP contribution in [0.3, 0.4) is 0 Å². The lowest BCUT2D eigenvalue weighted by atomic mass is 9.93. The highest BCUT2D eigenvalue weighted by atomic mass is 35.5. The van der Waals surface area contributed by atoms with Crippen LogP contribution in [-0.4, -0.2) is 10.9 Å². The molecular formula is C21H18Cl2N2OS. The highest BCUT2D eigenvalue weighted by molar-refractivity contribution is 8.01. The van der Waals surface area contributed by atoms with E-state index in [2.05, 4.69) is 4.98 Å². The van der Waals surface area contributed by atoms with Crippen LogP contribution in [0, 0.1) is 13.8 Å². The highest BCUT2D eigenvalue weighted by Crippen LogP contribution is 2.46. The van der Waals surface area contributed by atoms with E-state index in [1.807, 2.05) is 32.0 Å². The van der Waals surface area contributed by atoms with Crippen LogP contribution in [0.25, 0.3) is 0 Å². The van der Waals surface area contributed by atoms with Gasteiger partial charge in [0, 0.05) is 16.1 Å². The second-order valence-corrected chi connectivity index (χ2v) is 8.42. The van der Waals surface area contributed by atoms with Gasteiger partial charge in [0.15, 0.2) is 4.75 Å². The molecule has 1 unspecified atom stereocenters. The summed E-state index contributed by atoms with van der Waals surface area (Å²) in [6, 6.07) is 16.6. The lowest BCUT2D eigenvalue weighted by molar-refractivity contribution is -0.119. The van der Waals surface area contributed by atoms with E-state index < -0.39 is 10.7 Å². The second kappa shape index (κ2) is 7.93. The number of benzene rings is 2. The van der Waals surface area contributed by atoms with Crippen molar-refractivity contribution in [3.8, 4) is 0 Å². The van der Waals surface area contributed by atoms with Gasteiger partial charge in [0.25, 0.3) is 0 Å². The van der Waals surface area contributed by atoms with Crippen LogP contribution in [0.4, 0.5) is 0 Å². The normalized spacial score (nSPS) is 13.2. The number of nitrogens with two attached hydrogens (primary N) is 1. The quantitative estimate of drug-likeness (QED) is 0.556. The summed E-state index contributed by atoms with van der Waals surface area (Å²) in [5.41, 5.74) is 9.50. The average molecular weight is 417 g/mol. The molecule has 2 aromatic carbocycles. The minimum Gasteiger partial charge on any atom is -0.368 e. The first-order chi connectivity index (χ1) is 12.8. The molecule has 6 heteroatoms. The summed E-state index contributed by atoms with van der Waals surface area (Å²) in [7, 11) is 0. The van der Waals surface area contributed by atoms with E-state index in [9.17, 15) is 4.79 Å². The van der Waals surface area contributed by atoms with Crippen molar-refractivity contribution in [2.24, 2.45) is 5.73 Å². The van der Waals surface area contributed by atoms with Gasteiger partial charge in [0.1, 0.15) is 0 Å². The maximum Gasteiger partial charge on any atom is 0.244 e. The number of nitrogens with zero attached hydrogens (tertiary/aromatic N) is 1. The first-order valence-corrected chi connectivity index (χ1v) is 9.84. The van der Waals surface area contributed by atoms with E-state index in [1.165, 1.54) is 23.5 Å². The molecule has 2 N–H and O–H groups in total. The molecular weight excluding hydrogens is 399 g/mol. The first-order valence-electron chi connectivity index (χ1n) is 8.27. The van der Waals surface area contributed by atoms with Crippen LogP contribution in [0.15, 0.2) is 65.7 Å². The third-order valence-corrected chi connectivity index (χ3v) is 6.35. The van der Waals surface area contributed by atoms with Crippen LogP contribution >= 0.6 is 35.0 Å². The molecule has 1 amide bonds. The molecule has 0 aliphatic carbocycles. The van der Waals surface area contributed by atoms with Crippen LogP contribution in [-0.2, 0) is 9.54 Å². The standard InChI is InChI=1S/C21H18Cl2N2OS/c1-13-3-9-18(11-14(13)2)27-21(20(24)26,15-4-6-16(22)7-5-15)19-10-8-17(23)12-25-19/h3-12H,1-2H3,(H2,24,26). The molecule has 3 rings (SSSR count). The summed E-state index contributed by atoms with van der Waals surface area (Å²) in [4.78, 5) is 18.2. The number of thioether (sulfide) groups is 1. The Bertz CT molecular complexity index is 927. The lowest BCUT2D eigenvalue weighted by Gasteiger charge is -2.30. The third kappa shape index (κ3) is 3.98. The second-order valence-electron chi connectivity index (χ2n) is 6.26. The van der Waals surface area contributed by atoms with Crippen molar-refractivity contribution in [1.82, 2.24) is 4.98 Å². The molecule has 0 fully saturated rings. The Morgan fingerprint density at radius 2 is 1.63 bits per heavy atom. The monoisotopic (exact) mass is 416 g/mol. The number of carbonyl (C=O) groups is 1. The van der Waals surface area contributed by atoms with E-state index in [0.717, 1.165) is 10.5 Å². The molecule has 0 bridgehead atoms. The van der Waals surface area contributed by atoms with Gasteiger partial charge in [0.05, 0.1) is 10.7 Å². The zero-order valence-electron chi connectivity index (χ0n) is 14.9. The van der Waals surface area contributed by atoms with Crippen molar-refractivity contribution in [3.63, 3.8) is 0 Å². The average Bonchev–Trinajstić information content (AvgIpc) is 2.64. The Morgan fingerprint density at radius 3 is 2.19 bits per heavy atom. The number of rotatable bonds is 5. The molecule has 0 aliphatic rings. The van der Waals surface area contributed by atoms with Gasteiger partial charge in [-0.05, 0) is 66.9 Å². The fourth-order valence-electron chi connectivity index (χ4n) is 2.80. The molecule has 3 aromatic rings. The minimum atomic E-state index is -1.21. The Hall–Kier alpha value is -2.01. The number of primary amides is 1. The van der Waals surface area contributed by atoms with Gasteiger partial charge in [0.2, 0.25) is 5.91 Å². The number of hydrogen-bond acceptors (Lipinski definition) is 3. The lowest BCUT2D eigenvalue weighted by Crippen LogP contribution is -2.40. The molecule has 0 saturated carbocycles. The van der Waals surface area contributed by atoms with Crippen molar-refractivity contribution < 1.29 is 4.79 Å². The molecule has 3 nitrogen and oxygen atoms in total. The van der Waals surface area contributed by atoms with E-state index in [0.29, 0.717) is 21.3 Å². The number of halogens is 2. The molecule has 0 saturated heterocycles. The number of aryl methyl sites for hydroxylation is 2. The largest absolute Gasteiger partial charge is 0.368 e. The summed E-state index contributed by atoms with van der Waals surface area (Å²) in [5, 5.41) is 1.07. The molecule has 0 spiro atoms. The Kier molecular flexibility index (Phi) is 5.80. The molecule has 0 radical (unpaired) electrons. The predicted molar refractivity (Wildman–Crippen MR) is 112 cm³/mol. The number of hydrogen-bond donors (Lipinski definition) is 1. The summed E-state index contributed by atoms with van der Waals surface area (Å²) in [6.07, 6.45) is 1.52. The fourth-order valence-corrected chi connectivity index (χ4v) is 4.34. The van der Waals surface area contributed by atoms with Crippen molar-refractivity contribution in [2.45, 2.75) is 23.5 Å². The molecule has 1 heterocycles. The smallest absolute Gasteiger partial charge is 0.244 e. The van der Waals surface area contributed by atoms with Crippen LogP contribution in [0.2, 0.25) is 10.0 Å². The third-order valence-electron chi connectivity index (χ3n) is 4.44.